The van der Waals surface area contributed by atoms with E-state index in [1.54, 1.807) is 25.1 Å². The molecule has 35 heavy (non-hydrogen) atoms. The fourth-order valence-corrected chi connectivity index (χ4v) is 5.14. The van der Waals surface area contributed by atoms with Gasteiger partial charge in [-0.25, -0.2) is 4.90 Å². The molecule has 0 bridgehead atoms. The molecule has 2 atom stereocenters. The molecule has 5 nitrogen and oxygen atoms in total. The van der Waals surface area contributed by atoms with Crippen LogP contribution in [-0.2, 0) is 6.42 Å². The van der Waals surface area contributed by atoms with Gasteiger partial charge in [-0.15, -0.1) is 0 Å². The van der Waals surface area contributed by atoms with Crippen LogP contribution >= 0.6 is 11.6 Å². The highest BCUT2D eigenvalue weighted by Crippen LogP contribution is 2.48. The molecule has 0 saturated heterocycles. The average molecular weight is 510 g/mol. The van der Waals surface area contributed by atoms with Gasteiger partial charge in [0.1, 0.15) is 12.4 Å². The standard InChI is InChI=1S/C26H31ClF3N3O2/c1-17-15-20-19-5-2-3-6-23(19)32-24(20)25(33(17)26(29,30)9-13-34)21-16-18(7-8-22(21)27)35-14-12-31-11-4-10-28/h2-3,5-8,16-17,25,31-32,34H,4,9-15H2,1H3/t17-,25-/m1/s1. The number of halogens is 4. The highest BCUT2D eigenvalue weighted by molar-refractivity contribution is 6.31. The predicted octanol–water partition coefficient (Wildman–Crippen LogP) is 5.46. The number of aromatic nitrogens is 1. The molecule has 0 aliphatic carbocycles. The van der Waals surface area contributed by atoms with E-state index in [0.717, 1.165) is 21.4 Å². The van der Waals surface area contributed by atoms with E-state index in [-0.39, 0.29) is 6.67 Å². The lowest BCUT2D eigenvalue weighted by Crippen LogP contribution is -2.53. The maximum absolute atomic E-state index is 15.5. The first-order chi connectivity index (χ1) is 16.9. The lowest BCUT2D eigenvalue weighted by molar-refractivity contribution is -0.189. The van der Waals surface area contributed by atoms with E-state index in [9.17, 15) is 9.50 Å². The first-order valence-corrected chi connectivity index (χ1v) is 12.3. The van der Waals surface area contributed by atoms with E-state index in [1.165, 1.54) is 0 Å². The second-order valence-electron chi connectivity index (χ2n) is 8.89. The highest BCUT2D eigenvalue weighted by atomic mass is 35.5. The Morgan fingerprint density at radius 3 is 2.80 bits per heavy atom. The molecule has 2 aromatic carbocycles. The molecule has 0 spiro atoms. The molecule has 3 aromatic rings. The second-order valence-corrected chi connectivity index (χ2v) is 9.30. The van der Waals surface area contributed by atoms with Crippen LogP contribution in [0.1, 0.15) is 42.6 Å². The molecule has 4 rings (SSSR count). The van der Waals surface area contributed by atoms with Gasteiger partial charge in [0.15, 0.2) is 0 Å². The number of benzene rings is 2. The van der Waals surface area contributed by atoms with Crippen molar-refractivity contribution < 1.29 is 23.0 Å². The molecule has 1 aromatic heterocycles. The SMILES string of the molecule is C[C@@H]1Cc2c([nH]c3ccccc23)[C@@H](c2cc(OCCNCCCF)ccc2Cl)N1C(F)(F)CCO. The van der Waals surface area contributed by atoms with Crippen molar-refractivity contribution in [2.45, 2.75) is 44.3 Å². The quantitative estimate of drug-likeness (QED) is 0.237. The first-order valence-electron chi connectivity index (χ1n) is 11.9. The van der Waals surface area contributed by atoms with Crippen LogP contribution in [0.4, 0.5) is 13.2 Å². The Bertz CT molecular complexity index is 1140. The number of nitrogens with one attached hydrogen (secondary N) is 2. The lowest BCUT2D eigenvalue weighted by atomic mass is 9.88. The summed E-state index contributed by atoms with van der Waals surface area (Å²) in [6.45, 7) is 2.21. The van der Waals surface area contributed by atoms with Gasteiger partial charge in [-0.1, -0.05) is 29.8 Å². The number of nitrogens with zero attached hydrogens (tertiary/aromatic N) is 1. The molecular formula is C26H31ClF3N3O2. The number of fused-ring (bicyclic) bond motifs is 3. The molecule has 0 fully saturated rings. The Labute approximate surface area is 208 Å². The average Bonchev–Trinajstić information content (AvgIpc) is 3.19. The van der Waals surface area contributed by atoms with Crippen molar-refractivity contribution in [2.24, 2.45) is 0 Å². The van der Waals surface area contributed by atoms with Crippen molar-refractivity contribution in [1.82, 2.24) is 15.2 Å². The van der Waals surface area contributed by atoms with E-state index in [2.05, 4.69) is 10.3 Å². The molecule has 0 unspecified atom stereocenters. The van der Waals surface area contributed by atoms with Crippen LogP contribution in [0.2, 0.25) is 5.02 Å². The lowest BCUT2D eigenvalue weighted by Gasteiger charge is -2.45. The topological polar surface area (TPSA) is 60.5 Å². The maximum Gasteiger partial charge on any atom is 0.308 e. The molecule has 1 aliphatic heterocycles. The number of aliphatic hydroxyl groups excluding tert-OH is 1. The molecule has 2 heterocycles. The molecule has 3 N–H and O–H groups in total. The first kappa shape index (κ1) is 25.8. The number of alkyl halides is 3. The predicted molar refractivity (Wildman–Crippen MR) is 132 cm³/mol. The molecule has 0 amide bonds. The molecule has 0 radical (unpaired) electrons. The Morgan fingerprint density at radius 1 is 1.23 bits per heavy atom. The molecule has 190 valence electrons. The summed E-state index contributed by atoms with van der Waals surface area (Å²) < 4.78 is 49.0. The highest BCUT2D eigenvalue weighted by Gasteiger charge is 2.49. The molecule has 9 heteroatoms. The van der Waals surface area contributed by atoms with Crippen LogP contribution in [-0.4, -0.2) is 60.1 Å². The van der Waals surface area contributed by atoms with Gasteiger partial charge >= 0.3 is 6.05 Å². The van der Waals surface area contributed by atoms with Gasteiger partial charge in [-0.05, 0) is 61.7 Å². The zero-order valence-electron chi connectivity index (χ0n) is 19.7. The molecule has 0 saturated carbocycles. The van der Waals surface area contributed by atoms with Gasteiger partial charge in [-0.3, -0.25) is 4.39 Å². The summed E-state index contributed by atoms with van der Waals surface area (Å²) in [7, 11) is 0. The summed E-state index contributed by atoms with van der Waals surface area (Å²) in [5.41, 5.74) is 3.05. The summed E-state index contributed by atoms with van der Waals surface area (Å²) in [4.78, 5) is 4.53. The van der Waals surface area contributed by atoms with E-state index >= 15 is 8.78 Å². The van der Waals surface area contributed by atoms with Crippen LogP contribution in [0.5, 0.6) is 5.75 Å². The number of H-pyrrole nitrogens is 1. The van der Waals surface area contributed by atoms with Crippen LogP contribution < -0.4 is 10.1 Å². The summed E-state index contributed by atoms with van der Waals surface area (Å²) in [5, 5.41) is 13.8. The van der Waals surface area contributed by atoms with Gasteiger partial charge in [0.05, 0.1) is 19.3 Å². The third-order valence-electron chi connectivity index (χ3n) is 6.46. The second kappa shape index (κ2) is 11.2. The monoisotopic (exact) mass is 509 g/mol. The molecule has 1 aliphatic rings. The van der Waals surface area contributed by atoms with Crippen LogP contribution in [0.15, 0.2) is 42.5 Å². The largest absolute Gasteiger partial charge is 0.492 e. The fraction of sp³-hybridized carbons (Fsp3) is 0.462. The Morgan fingerprint density at radius 2 is 2.03 bits per heavy atom. The van der Waals surface area contributed by atoms with Crippen LogP contribution in [0.25, 0.3) is 10.9 Å². The number of rotatable bonds is 11. The summed E-state index contributed by atoms with van der Waals surface area (Å²) in [6, 6.07) is 8.23. The van der Waals surface area contributed by atoms with Gasteiger partial charge in [0, 0.05) is 40.6 Å². The molecular weight excluding hydrogens is 479 g/mol. The minimum absolute atomic E-state index is 0.344. The number of ether oxygens (including phenoxy) is 1. The zero-order chi connectivity index (χ0) is 25.0. The van der Waals surface area contributed by atoms with Gasteiger partial charge in [0.2, 0.25) is 0 Å². The number of hydrogen-bond donors (Lipinski definition) is 3. The summed E-state index contributed by atoms with van der Waals surface area (Å²) >= 11 is 6.62. The zero-order valence-corrected chi connectivity index (χ0v) is 20.4. The van der Waals surface area contributed by atoms with Crippen LogP contribution in [0.3, 0.4) is 0 Å². The third-order valence-corrected chi connectivity index (χ3v) is 6.80. The van der Waals surface area contributed by atoms with E-state index in [1.807, 2.05) is 24.3 Å². The van der Waals surface area contributed by atoms with Gasteiger partial charge in [-0.2, -0.15) is 8.78 Å². The van der Waals surface area contributed by atoms with Crippen molar-refractivity contribution in [3.63, 3.8) is 0 Å². The third kappa shape index (κ3) is 5.45. The van der Waals surface area contributed by atoms with Crippen molar-refractivity contribution in [2.75, 3.05) is 33.0 Å². The van der Waals surface area contributed by atoms with Crippen molar-refractivity contribution in [3.05, 3.63) is 64.3 Å². The number of aliphatic hydroxyl groups is 1. The Balaban J connectivity index is 1.73. The summed E-state index contributed by atoms with van der Waals surface area (Å²) in [5.74, 6) is 0.512. The fourth-order valence-electron chi connectivity index (χ4n) is 4.92. The Kier molecular flexibility index (Phi) is 8.27. The number of hydrogen-bond acceptors (Lipinski definition) is 4. The van der Waals surface area contributed by atoms with Gasteiger partial charge in [0.25, 0.3) is 0 Å². The normalized spacial score (nSPS) is 18.7. The van der Waals surface area contributed by atoms with Gasteiger partial charge < -0.3 is 20.1 Å². The van der Waals surface area contributed by atoms with E-state index in [0.29, 0.717) is 54.6 Å². The minimum atomic E-state index is -3.26. The Hall–Kier alpha value is -2.26. The van der Waals surface area contributed by atoms with Crippen molar-refractivity contribution >= 4 is 22.5 Å². The van der Waals surface area contributed by atoms with E-state index in [4.69, 9.17) is 16.3 Å². The maximum atomic E-state index is 15.5. The van der Waals surface area contributed by atoms with Crippen molar-refractivity contribution in [1.29, 1.82) is 0 Å². The number of aromatic amines is 1. The minimum Gasteiger partial charge on any atom is -0.492 e. The summed E-state index contributed by atoms with van der Waals surface area (Å²) in [6.07, 6.45) is 0.201. The van der Waals surface area contributed by atoms with E-state index < -0.39 is 31.2 Å². The smallest absolute Gasteiger partial charge is 0.308 e. The van der Waals surface area contributed by atoms with Crippen LogP contribution in [0, 0.1) is 0 Å². The number of para-hydroxylation sites is 1. The van der Waals surface area contributed by atoms with Crippen molar-refractivity contribution in [3.8, 4) is 5.75 Å².